The number of rotatable bonds is 12. The highest BCUT2D eigenvalue weighted by atomic mass is 19.4. The van der Waals surface area contributed by atoms with Crippen LogP contribution in [0.5, 0.6) is 0 Å². The molecule has 0 aliphatic rings. The molecule has 15 heteroatoms. The molecule has 0 fully saturated rings. The Hall–Kier alpha value is -3.72. The van der Waals surface area contributed by atoms with Crippen LogP contribution in [0.25, 0.3) is 11.6 Å². The SMILES string of the molecule is CNCCCCC(OCc1ccccc1)(c1nnc(-c2nc(CC(=O)O)c(C(F)(F)F)cc2N)o1)C(F)(F)F. The van der Waals surface area contributed by atoms with E-state index in [1.807, 2.05) is 0 Å². The van der Waals surface area contributed by atoms with E-state index in [0.29, 0.717) is 24.6 Å². The highest BCUT2D eigenvalue weighted by Crippen LogP contribution is 2.47. The Balaban J connectivity index is 2.09. The molecule has 4 N–H and O–H groups in total. The molecule has 0 radical (unpaired) electrons. The first-order chi connectivity index (χ1) is 18.3. The number of halogens is 6. The fraction of sp³-hybridized carbons (Fsp3) is 0.417. The number of aromatic nitrogens is 3. The number of alkyl halides is 6. The van der Waals surface area contributed by atoms with Crippen molar-refractivity contribution in [1.29, 1.82) is 0 Å². The summed E-state index contributed by atoms with van der Waals surface area (Å²) >= 11 is 0. The molecule has 0 spiro atoms. The summed E-state index contributed by atoms with van der Waals surface area (Å²) in [6.45, 7) is -0.0341. The first kappa shape index (κ1) is 29.8. The molecule has 212 valence electrons. The molecule has 2 aromatic heterocycles. The lowest BCUT2D eigenvalue weighted by atomic mass is 9.95. The molecular formula is C24H25F6N5O4. The van der Waals surface area contributed by atoms with Crippen LogP contribution in [0.4, 0.5) is 32.0 Å². The van der Waals surface area contributed by atoms with Gasteiger partial charge < -0.3 is 25.3 Å². The quantitative estimate of drug-likeness (QED) is 0.212. The molecule has 1 aromatic carbocycles. The number of ether oxygens (including phenoxy) is 1. The molecule has 3 aromatic rings. The number of nitrogens with two attached hydrogens (primary N) is 1. The average Bonchev–Trinajstić information content (AvgIpc) is 3.34. The number of nitrogens with zero attached hydrogens (tertiary/aromatic N) is 3. The molecule has 2 heterocycles. The van der Waals surface area contributed by atoms with Gasteiger partial charge in [-0.2, -0.15) is 26.3 Å². The molecule has 0 bridgehead atoms. The summed E-state index contributed by atoms with van der Waals surface area (Å²) in [6.07, 6.45) is -11.4. The smallest absolute Gasteiger partial charge is 0.426 e. The van der Waals surface area contributed by atoms with Gasteiger partial charge in [-0.1, -0.05) is 30.3 Å². The Labute approximate surface area is 218 Å². The number of nitrogen functional groups attached to an aromatic ring is 1. The predicted molar refractivity (Wildman–Crippen MR) is 125 cm³/mol. The molecule has 0 saturated carbocycles. The van der Waals surface area contributed by atoms with E-state index in [0.717, 1.165) is 0 Å². The van der Waals surface area contributed by atoms with Gasteiger partial charge in [0, 0.05) is 0 Å². The molecule has 0 amide bonds. The molecule has 39 heavy (non-hydrogen) atoms. The second kappa shape index (κ2) is 12.0. The van der Waals surface area contributed by atoms with Crippen molar-refractivity contribution in [3.63, 3.8) is 0 Å². The number of carbonyl (C=O) groups is 1. The van der Waals surface area contributed by atoms with E-state index in [9.17, 15) is 31.1 Å². The lowest BCUT2D eigenvalue weighted by molar-refractivity contribution is -0.300. The number of aliphatic carboxylic acids is 1. The number of nitrogens with one attached hydrogen (secondary N) is 1. The minimum atomic E-state index is -5.04. The molecule has 9 nitrogen and oxygen atoms in total. The van der Waals surface area contributed by atoms with Gasteiger partial charge in [0.2, 0.25) is 5.60 Å². The molecular weight excluding hydrogens is 536 g/mol. The van der Waals surface area contributed by atoms with Crippen molar-refractivity contribution in [1.82, 2.24) is 20.5 Å². The number of anilines is 1. The second-order valence-electron chi connectivity index (χ2n) is 8.56. The monoisotopic (exact) mass is 561 g/mol. The second-order valence-corrected chi connectivity index (χ2v) is 8.56. The van der Waals surface area contributed by atoms with Gasteiger partial charge in [0.25, 0.3) is 11.8 Å². The van der Waals surface area contributed by atoms with Crippen molar-refractivity contribution in [2.45, 2.75) is 50.2 Å². The van der Waals surface area contributed by atoms with E-state index < -0.39 is 77.8 Å². The summed E-state index contributed by atoms with van der Waals surface area (Å²) in [5.74, 6) is -3.34. The van der Waals surface area contributed by atoms with E-state index in [4.69, 9.17) is 20.0 Å². The van der Waals surface area contributed by atoms with Gasteiger partial charge >= 0.3 is 18.3 Å². The molecule has 0 saturated heterocycles. The number of unbranched alkanes of at least 4 members (excludes halogenated alkanes) is 1. The third-order valence-electron chi connectivity index (χ3n) is 5.72. The van der Waals surface area contributed by atoms with Gasteiger partial charge in [-0.25, -0.2) is 4.98 Å². The third-order valence-corrected chi connectivity index (χ3v) is 5.72. The van der Waals surface area contributed by atoms with Crippen LogP contribution in [0.2, 0.25) is 0 Å². The van der Waals surface area contributed by atoms with E-state index >= 15 is 0 Å². The van der Waals surface area contributed by atoms with Crippen molar-refractivity contribution < 1.29 is 45.4 Å². The van der Waals surface area contributed by atoms with Gasteiger partial charge in [0.05, 0.1) is 30.0 Å². The normalized spacial score (nSPS) is 13.8. The first-order valence-corrected chi connectivity index (χ1v) is 11.6. The number of pyridine rings is 1. The Morgan fingerprint density at radius 2 is 1.79 bits per heavy atom. The summed E-state index contributed by atoms with van der Waals surface area (Å²) < 4.78 is 95.0. The van der Waals surface area contributed by atoms with Crippen molar-refractivity contribution in [3.05, 3.63) is 59.1 Å². The minimum Gasteiger partial charge on any atom is -0.481 e. The maximum atomic E-state index is 14.7. The van der Waals surface area contributed by atoms with Crippen LogP contribution in [0.15, 0.2) is 40.8 Å². The molecule has 0 aliphatic carbocycles. The highest BCUT2D eigenvalue weighted by Gasteiger charge is 2.61. The Bertz CT molecular complexity index is 1270. The predicted octanol–water partition coefficient (Wildman–Crippen LogP) is 4.72. The third kappa shape index (κ3) is 7.03. The molecule has 3 rings (SSSR count). The van der Waals surface area contributed by atoms with Gasteiger partial charge in [-0.3, -0.25) is 4.79 Å². The Morgan fingerprint density at radius 3 is 2.38 bits per heavy atom. The van der Waals surface area contributed by atoms with Crippen LogP contribution < -0.4 is 11.1 Å². The summed E-state index contributed by atoms with van der Waals surface area (Å²) in [4.78, 5) is 14.8. The number of benzene rings is 1. The Kier molecular flexibility index (Phi) is 9.17. The zero-order chi connectivity index (χ0) is 28.8. The van der Waals surface area contributed by atoms with Gasteiger partial charge in [-0.15, -0.1) is 10.2 Å². The minimum absolute atomic E-state index is 0.0380. The van der Waals surface area contributed by atoms with Crippen LogP contribution in [0.1, 0.15) is 42.0 Å². The van der Waals surface area contributed by atoms with Crippen LogP contribution in [0, 0.1) is 0 Å². The van der Waals surface area contributed by atoms with Crippen LogP contribution in [-0.2, 0) is 34.3 Å². The largest absolute Gasteiger partial charge is 0.481 e. The van der Waals surface area contributed by atoms with Crippen LogP contribution in [-0.4, -0.2) is 46.0 Å². The van der Waals surface area contributed by atoms with Gasteiger partial charge in [-0.05, 0) is 44.5 Å². The maximum absolute atomic E-state index is 14.7. The zero-order valence-electron chi connectivity index (χ0n) is 20.6. The summed E-state index contributed by atoms with van der Waals surface area (Å²) in [5.41, 5.74) is -0.495. The van der Waals surface area contributed by atoms with Crippen molar-refractivity contribution in [2.24, 2.45) is 0 Å². The molecule has 0 aliphatic heterocycles. The number of hydrogen-bond acceptors (Lipinski definition) is 8. The summed E-state index contributed by atoms with van der Waals surface area (Å²) in [7, 11) is 1.65. The fourth-order valence-corrected chi connectivity index (χ4v) is 3.79. The van der Waals surface area contributed by atoms with Crippen LogP contribution >= 0.6 is 0 Å². The average molecular weight is 561 g/mol. The van der Waals surface area contributed by atoms with Gasteiger partial charge in [0.1, 0.15) is 0 Å². The van der Waals surface area contributed by atoms with Crippen LogP contribution in [0.3, 0.4) is 0 Å². The summed E-state index contributed by atoms with van der Waals surface area (Å²) in [6, 6.07) is 8.49. The fourth-order valence-electron chi connectivity index (χ4n) is 3.79. The van der Waals surface area contributed by atoms with Crippen molar-refractivity contribution in [3.8, 4) is 11.6 Å². The Morgan fingerprint density at radius 1 is 1.10 bits per heavy atom. The van der Waals surface area contributed by atoms with Crippen molar-refractivity contribution in [2.75, 3.05) is 19.3 Å². The number of carboxylic acid groups (broad SMARTS) is 1. The lowest BCUT2D eigenvalue weighted by Crippen LogP contribution is -2.45. The lowest BCUT2D eigenvalue weighted by Gasteiger charge is -2.32. The highest BCUT2D eigenvalue weighted by molar-refractivity contribution is 5.73. The molecule has 1 atom stereocenters. The van der Waals surface area contributed by atoms with Gasteiger partial charge in [0.15, 0.2) is 5.69 Å². The number of hydrogen-bond donors (Lipinski definition) is 3. The summed E-state index contributed by atoms with van der Waals surface area (Å²) in [5, 5.41) is 19.0. The first-order valence-electron chi connectivity index (χ1n) is 11.6. The zero-order valence-corrected chi connectivity index (χ0v) is 20.6. The molecule has 1 unspecified atom stereocenters. The maximum Gasteiger partial charge on any atom is 0.426 e. The number of carboxylic acids is 1. The van der Waals surface area contributed by atoms with E-state index in [-0.39, 0.29) is 6.42 Å². The van der Waals surface area contributed by atoms with E-state index in [1.165, 1.54) is 0 Å². The van der Waals surface area contributed by atoms with E-state index in [1.54, 1.807) is 37.4 Å². The standard InChI is InChI=1S/C24H25F6N5O4/c1-32-10-6-5-9-22(24(28,29)30,38-13-14-7-3-2-4-8-14)21-35-34-20(39-21)19-16(31)11-15(23(25,26)27)17(33-19)12-18(36)37/h2-4,7-8,11,32H,5-6,9-10,12-13,31H2,1H3,(H,36,37). The topological polar surface area (TPSA) is 136 Å². The van der Waals surface area contributed by atoms with E-state index in [2.05, 4.69) is 20.5 Å². The van der Waals surface area contributed by atoms with Crippen molar-refractivity contribution >= 4 is 11.7 Å².